The predicted molar refractivity (Wildman–Crippen MR) is 67.9 cm³/mol. The van der Waals surface area contributed by atoms with Gasteiger partial charge in [0.15, 0.2) is 11.5 Å². The molecular weight excluding hydrogens is 270 g/mol. The van der Waals surface area contributed by atoms with Gasteiger partial charge in [0.05, 0.1) is 46.1 Å². The lowest BCUT2D eigenvalue weighted by Crippen LogP contribution is -3.00. The van der Waals surface area contributed by atoms with Crippen LogP contribution in [0.15, 0.2) is 18.2 Å². The summed E-state index contributed by atoms with van der Waals surface area (Å²) in [5, 5.41) is 10.7. The first kappa shape index (κ1) is 18.0. The number of quaternary nitrogens is 1. The minimum Gasteiger partial charge on any atom is -1.00 e. The second-order valence-corrected chi connectivity index (χ2v) is 3.77. The number of benzene rings is 1. The molecule has 0 aromatic heterocycles. The Labute approximate surface area is 120 Å². The minimum atomic E-state index is 0. The van der Waals surface area contributed by atoms with Crippen LogP contribution in [0.3, 0.4) is 0 Å². The Bertz CT molecular complexity index is 349. The molecule has 0 aliphatic heterocycles. The van der Waals surface area contributed by atoms with E-state index in [0.717, 1.165) is 30.2 Å². The van der Waals surface area contributed by atoms with Crippen molar-refractivity contribution in [1.82, 2.24) is 0 Å². The van der Waals surface area contributed by atoms with E-state index < -0.39 is 0 Å². The molecule has 19 heavy (non-hydrogen) atoms. The molecule has 0 spiro atoms. The molecule has 3 N–H and O–H groups in total. The number of nitrogens with two attached hydrogens (primary N) is 1. The largest absolute Gasteiger partial charge is 1.00 e. The molecule has 1 aromatic rings. The van der Waals surface area contributed by atoms with Crippen LogP contribution < -0.4 is 27.2 Å². The summed E-state index contributed by atoms with van der Waals surface area (Å²) in [6.45, 7) is 2.76. The van der Waals surface area contributed by atoms with Crippen LogP contribution in [-0.4, -0.2) is 45.7 Å². The van der Waals surface area contributed by atoms with E-state index in [2.05, 4.69) is 5.32 Å². The number of ether oxygens (including phenoxy) is 3. The molecule has 0 aliphatic rings. The molecule has 0 fully saturated rings. The van der Waals surface area contributed by atoms with Gasteiger partial charge in [-0.3, -0.25) is 0 Å². The highest BCUT2D eigenvalue weighted by Crippen LogP contribution is 2.29. The maximum absolute atomic E-state index is 8.56. The Morgan fingerprint density at radius 2 is 1.95 bits per heavy atom. The number of methoxy groups -OCH3 is 2. The zero-order chi connectivity index (χ0) is 13.2. The summed E-state index contributed by atoms with van der Waals surface area (Å²) >= 11 is 0. The van der Waals surface area contributed by atoms with Gasteiger partial charge >= 0.3 is 0 Å². The third-order valence-electron chi connectivity index (χ3n) is 2.55. The third kappa shape index (κ3) is 6.11. The number of hydrogen-bond acceptors (Lipinski definition) is 4. The van der Waals surface area contributed by atoms with Crippen molar-refractivity contribution in [3.8, 4) is 11.5 Å². The summed E-state index contributed by atoms with van der Waals surface area (Å²) in [6, 6.07) is 5.85. The zero-order valence-corrected chi connectivity index (χ0v) is 12.2. The predicted octanol–water partition coefficient (Wildman–Crippen LogP) is -3.22. The molecule has 0 saturated carbocycles. The molecule has 110 valence electrons. The standard InChI is InChI=1S/C13H21NO4.ClH/c1-16-12-5-3-4-11(13(12)17-2)10-14-6-8-18-9-7-15;/h3-5,14-15H,6-10H2,1-2H3;1H. The highest BCUT2D eigenvalue weighted by Gasteiger charge is 2.10. The molecule has 5 nitrogen and oxygen atoms in total. The lowest BCUT2D eigenvalue weighted by Gasteiger charge is -2.11. The van der Waals surface area contributed by atoms with Crippen molar-refractivity contribution < 1.29 is 37.0 Å². The van der Waals surface area contributed by atoms with Crippen LogP contribution in [-0.2, 0) is 11.3 Å². The van der Waals surface area contributed by atoms with Crippen LogP contribution >= 0.6 is 0 Å². The highest BCUT2D eigenvalue weighted by atomic mass is 35.5. The Morgan fingerprint density at radius 3 is 2.58 bits per heavy atom. The van der Waals surface area contributed by atoms with Crippen LogP contribution in [0.25, 0.3) is 0 Å². The van der Waals surface area contributed by atoms with Crippen LogP contribution in [0, 0.1) is 0 Å². The summed E-state index contributed by atoms with van der Waals surface area (Å²) < 4.78 is 15.8. The van der Waals surface area contributed by atoms with E-state index >= 15 is 0 Å². The first-order valence-electron chi connectivity index (χ1n) is 6.03. The van der Waals surface area contributed by atoms with Crippen molar-refractivity contribution in [3.63, 3.8) is 0 Å². The van der Waals surface area contributed by atoms with E-state index in [9.17, 15) is 0 Å². The van der Waals surface area contributed by atoms with Gasteiger partial charge in [0.2, 0.25) is 0 Å². The van der Waals surface area contributed by atoms with Crippen LogP contribution in [0.1, 0.15) is 5.56 Å². The molecule has 0 amide bonds. The van der Waals surface area contributed by atoms with Crippen molar-refractivity contribution in [1.29, 1.82) is 0 Å². The number of hydrogen-bond donors (Lipinski definition) is 2. The molecule has 0 unspecified atom stereocenters. The Kier molecular flexibility index (Phi) is 10.3. The SMILES string of the molecule is COc1cccc(C[NH2+]CCOCCO)c1OC.[Cl-]. The van der Waals surface area contributed by atoms with Crippen LogP contribution in [0.5, 0.6) is 11.5 Å². The molecule has 0 aliphatic carbocycles. The smallest absolute Gasteiger partial charge is 0.169 e. The van der Waals surface area contributed by atoms with Gasteiger partial charge in [-0.05, 0) is 12.1 Å². The first-order chi connectivity index (χ1) is 8.83. The van der Waals surface area contributed by atoms with Crippen molar-refractivity contribution in [2.24, 2.45) is 0 Å². The minimum absolute atomic E-state index is 0. The number of para-hydroxylation sites is 1. The second-order valence-electron chi connectivity index (χ2n) is 3.77. The lowest BCUT2D eigenvalue weighted by molar-refractivity contribution is -0.672. The number of halogens is 1. The fourth-order valence-electron chi connectivity index (χ4n) is 1.71. The summed E-state index contributed by atoms with van der Waals surface area (Å²) in [5.41, 5.74) is 1.10. The quantitative estimate of drug-likeness (QED) is 0.470. The number of rotatable bonds is 9. The van der Waals surface area contributed by atoms with Gasteiger partial charge in [-0.25, -0.2) is 0 Å². The average molecular weight is 292 g/mol. The van der Waals surface area contributed by atoms with Gasteiger partial charge in [0.25, 0.3) is 0 Å². The topological polar surface area (TPSA) is 64.5 Å². The zero-order valence-electron chi connectivity index (χ0n) is 11.4. The summed E-state index contributed by atoms with van der Waals surface area (Å²) in [7, 11) is 3.28. The molecule has 0 heterocycles. The number of aliphatic hydroxyl groups is 1. The van der Waals surface area contributed by atoms with Crippen molar-refractivity contribution in [2.45, 2.75) is 6.54 Å². The first-order valence-corrected chi connectivity index (χ1v) is 6.03. The Morgan fingerprint density at radius 1 is 1.16 bits per heavy atom. The maximum atomic E-state index is 8.56. The van der Waals surface area contributed by atoms with Gasteiger partial charge in [-0.15, -0.1) is 0 Å². The van der Waals surface area contributed by atoms with E-state index in [4.69, 9.17) is 19.3 Å². The average Bonchev–Trinajstić information content (AvgIpc) is 2.42. The fourth-order valence-corrected chi connectivity index (χ4v) is 1.71. The van der Waals surface area contributed by atoms with E-state index in [1.807, 2.05) is 18.2 Å². The second kappa shape index (κ2) is 10.9. The summed E-state index contributed by atoms with van der Waals surface area (Å²) in [4.78, 5) is 0. The van der Waals surface area contributed by atoms with Gasteiger partial charge in [0, 0.05) is 0 Å². The summed E-state index contributed by atoms with van der Waals surface area (Å²) in [6.07, 6.45) is 0. The van der Waals surface area contributed by atoms with E-state index in [1.165, 1.54) is 0 Å². The van der Waals surface area contributed by atoms with Crippen LogP contribution in [0.2, 0.25) is 0 Å². The fraction of sp³-hybridized carbons (Fsp3) is 0.538. The highest BCUT2D eigenvalue weighted by molar-refractivity contribution is 5.46. The van der Waals surface area contributed by atoms with E-state index in [1.54, 1.807) is 14.2 Å². The third-order valence-corrected chi connectivity index (χ3v) is 2.55. The molecule has 6 heteroatoms. The van der Waals surface area contributed by atoms with E-state index in [0.29, 0.717) is 13.2 Å². The van der Waals surface area contributed by atoms with Crippen molar-refractivity contribution in [2.75, 3.05) is 40.6 Å². The number of aliphatic hydroxyl groups excluding tert-OH is 1. The molecule has 0 radical (unpaired) electrons. The normalized spacial score (nSPS) is 9.84. The molecule has 1 rings (SSSR count). The monoisotopic (exact) mass is 291 g/mol. The van der Waals surface area contributed by atoms with E-state index in [-0.39, 0.29) is 19.0 Å². The summed E-state index contributed by atoms with van der Waals surface area (Å²) in [5.74, 6) is 1.53. The van der Waals surface area contributed by atoms with Crippen LogP contribution in [0.4, 0.5) is 0 Å². The maximum Gasteiger partial charge on any atom is 0.169 e. The Balaban J connectivity index is 0.00000324. The van der Waals surface area contributed by atoms with Gasteiger partial charge < -0.3 is 37.0 Å². The molecule has 0 saturated heterocycles. The molecule has 0 atom stereocenters. The van der Waals surface area contributed by atoms with Gasteiger partial charge in [-0.2, -0.15) is 0 Å². The van der Waals surface area contributed by atoms with Gasteiger partial charge in [0.1, 0.15) is 6.54 Å². The molecular formula is C13H22ClNO4. The lowest BCUT2D eigenvalue weighted by atomic mass is 10.2. The van der Waals surface area contributed by atoms with Gasteiger partial charge in [-0.1, -0.05) is 6.07 Å². The molecule has 0 bridgehead atoms. The Hall–Kier alpha value is -1.01. The van der Waals surface area contributed by atoms with Crippen molar-refractivity contribution in [3.05, 3.63) is 23.8 Å². The molecule has 1 aromatic carbocycles. The van der Waals surface area contributed by atoms with Crippen molar-refractivity contribution >= 4 is 0 Å².